The maximum atomic E-state index is 13.0. The molecule has 1 aliphatic heterocycles. The predicted octanol–water partition coefficient (Wildman–Crippen LogP) is 7.00. The summed E-state index contributed by atoms with van der Waals surface area (Å²) in [4.78, 5) is 13.0. The van der Waals surface area contributed by atoms with E-state index >= 15 is 0 Å². The van der Waals surface area contributed by atoms with E-state index in [0.29, 0.717) is 12.2 Å². The normalized spacial score (nSPS) is 20.7. The van der Waals surface area contributed by atoms with Gasteiger partial charge in [0.25, 0.3) is 5.79 Å². The van der Waals surface area contributed by atoms with Gasteiger partial charge in [0.2, 0.25) is 0 Å². The van der Waals surface area contributed by atoms with E-state index in [1.165, 1.54) is 11.1 Å². The average Bonchev–Trinajstić information content (AvgIpc) is 2.82. The van der Waals surface area contributed by atoms with Crippen molar-refractivity contribution >= 4 is 16.6 Å². The molecule has 0 saturated heterocycles. The Labute approximate surface area is 201 Å². The molecule has 1 heterocycles. The lowest BCUT2D eigenvalue weighted by Crippen LogP contribution is -2.49. The van der Waals surface area contributed by atoms with Gasteiger partial charge < -0.3 is 14.2 Å². The molecule has 3 aliphatic rings. The Bertz CT molecular complexity index is 1200. The number of benzene rings is 2. The summed E-state index contributed by atoms with van der Waals surface area (Å²) in [5.41, 5.74) is 4.25. The van der Waals surface area contributed by atoms with Crippen molar-refractivity contribution in [2.24, 2.45) is 0 Å². The zero-order valence-corrected chi connectivity index (χ0v) is 20.2. The van der Waals surface area contributed by atoms with Crippen molar-refractivity contribution in [1.29, 1.82) is 0 Å². The van der Waals surface area contributed by atoms with Crippen LogP contribution in [-0.4, -0.2) is 24.3 Å². The van der Waals surface area contributed by atoms with Gasteiger partial charge in [0.05, 0.1) is 18.1 Å². The van der Waals surface area contributed by atoms with Crippen LogP contribution in [0.3, 0.4) is 0 Å². The van der Waals surface area contributed by atoms with Crippen molar-refractivity contribution in [3.8, 4) is 11.5 Å². The second kappa shape index (κ2) is 9.27. The Kier molecular flexibility index (Phi) is 6.18. The largest absolute Gasteiger partial charge is 0.444 e. The molecule has 1 spiro atoms. The fourth-order valence-electron chi connectivity index (χ4n) is 5.13. The Hall–Kier alpha value is -3.11. The molecule has 0 aromatic heterocycles. The molecule has 1 atom stereocenters. The summed E-state index contributed by atoms with van der Waals surface area (Å²) in [6, 6.07) is 12.0. The van der Waals surface area contributed by atoms with E-state index in [9.17, 15) is 4.79 Å². The first-order valence-corrected chi connectivity index (χ1v) is 12.2. The van der Waals surface area contributed by atoms with Crippen molar-refractivity contribution in [3.05, 3.63) is 83.0 Å². The molecule has 0 N–H and O–H groups in total. The summed E-state index contributed by atoms with van der Waals surface area (Å²) in [7, 11) is 0. The fourth-order valence-corrected chi connectivity index (χ4v) is 5.13. The third kappa shape index (κ3) is 4.23. The number of ether oxygens (including phenoxy) is 3. The highest BCUT2D eigenvalue weighted by molar-refractivity contribution is 6.07. The highest BCUT2D eigenvalue weighted by Gasteiger charge is 2.48. The molecule has 0 radical (unpaired) electrons. The van der Waals surface area contributed by atoms with E-state index in [-0.39, 0.29) is 11.9 Å². The van der Waals surface area contributed by atoms with Crippen molar-refractivity contribution in [2.45, 2.75) is 64.8 Å². The molecule has 176 valence electrons. The van der Waals surface area contributed by atoms with Gasteiger partial charge in [0.1, 0.15) is 11.5 Å². The summed E-state index contributed by atoms with van der Waals surface area (Å²) in [6.45, 7) is 6.88. The van der Waals surface area contributed by atoms with Crippen molar-refractivity contribution in [3.63, 3.8) is 0 Å². The van der Waals surface area contributed by atoms with Crippen LogP contribution in [-0.2, 0) is 9.53 Å². The first-order valence-electron chi connectivity index (χ1n) is 12.2. The fraction of sp³-hybridized carbons (Fsp3) is 0.367. The van der Waals surface area contributed by atoms with Gasteiger partial charge in [-0.1, -0.05) is 47.6 Å². The van der Waals surface area contributed by atoms with E-state index in [1.54, 1.807) is 12.2 Å². The molecular weight excluding hydrogens is 424 g/mol. The number of ketones is 1. The maximum Gasteiger partial charge on any atom is 0.295 e. The predicted molar refractivity (Wildman–Crippen MR) is 135 cm³/mol. The topological polar surface area (TPSA) is 44.8 Å². The van der Waals surface area contributed by atoms with Gasteiger partial charge in [-0.3, -0.25) is 4.79 Å². The number of allylic oxidation sites excluding steroid dienone is 4. The molecule has 0 amide bonds. The van der Waals surface area contributed by atoms with Crippen molar-refractivity contribution in [1.82, 2.24) is 0 Å². The van der Waals surface area contributed by atoms with E-state index in [0.717, 1.165) is 59.9 Å². The van der Waals surface area contributed by atoms with E-state index in [4.69, 9.17) is 14.2 Å². The Morgan fingerprint density at radius 3 is 2.53 bits per heavy atom. The molecule has 0 saturated carbocycles. The molecule has 2 aromatic carbocycles. The van der Waals surface area contributed by atoms with Crippen molar-refractivity contribution in [2.75, 3.05) is 6.61 Å². The van der Waals surface area contributed by atoms with Gasteiger partial charge >= 0.3 is 0 Å². The molecule has 2 aliphatic carbocycles. The van der Waals surface area contributed by atoms with Gasteiger partial charge in [-0.15, -0.1) is 0 Å². The Balaban J connectivity index is 1.40. The molecule has 1 unspecified atom stereocenters. The first-order chi connectivity index (χ1) is 16.5. The number of hydrogen-bond donors (Lipinski definition) is 0. The highest BCUT2D eigenvalue weighted by Crippen LogP contribution is 2.48. The minimum atomic E-state index is -1.09. The number of hydrogen-bond acceptors (Lipinski definition) is 4. The standard InChI is InChI=1S/C30H32O4/c1-20(2)8-4-9-21(3)17-19-32-25-13-7-12-23-29(25)24(31)16-18-30(23)33-26-14-5-10-22-11-6-15-27(34-30)28(22)26/h5-6,8,10-11,14-18,25H,4,7,9,12-13,19H2,1-3H3/b21-17+. The van der Waals surface area contributed by atoms with Gasteiger partial charge in [-0.2, -0.15) is 0 Å². The van der Waals surface area contributed by atoms with Crippen LogP contribution in [0.1, 0.15) is 52.9 Å². The third-order valence-electron chi connectivity index (χ3n) is 6.85. The van der Waals surface area contributed by atoms with Crippen LogP contribution >= 0.6 is 0 Å². The zero-order chi connectivity index (χ0) is 23.7. The molecule has 2 aromatic rings. The number of carbonyl (C=O) groups is 1. The Morgan fingerprint density at radius 1 is 1.09 bits per heavy atom. The summed E-state index contributed by atoms with van der Waals surface area (Å²) in [6.07, 6.45) is 12.1. The zero-order valence-electron chi connectivity index (χ0n) is 20.2. The van der Waals surface area contributed by atoms with Crippen LogP contribution in [0.15, 0.2) is 83.0 Å². The summed E-state index contributed by atoms with van der Waals surface area (Å²) >= 11 is 0. The number of carbonyl (C=O) groups excluding carboxylic acids is 1. The summed E-state index contributed by atoms with van der Waals surface area (Å²) in [5, 5.41) is 2.05. The van der Waals surface area contributed by atoms with E-state index in [2.05, 4.69) is 45.1 Å². The van der Waals surface area contributed by atoms with Crippen molar-refractivity contribution < 1.29 is 19.0 Å². The van der Waals surface area contributed by atoms with Gasteiger partial charge in [0.15, 0.2) is 5.78 Å². The van der Waals surface area contributed by atoms with Gasteiger partial charge in [-0.25, -0.2) is 0 Å². The monoisotopic (exact) mass is 456 g/mol. The van der Waals surface area contributed by atoms with E-state index < -0.39 is 5.79 Å². The maximum absolute atomic E-state index is 13.0. The molecule has 4 nitrogen and oxygen atoms in total. The second-order valence-electron chi connectivity index (χ2n) is 9.66. The van der Waals surface area contributed by atoms with Gasteiger partial charge in [-0.05, 0) is 76.5 Å². The van der Waals surface area contributed by atoms with Gasteiger partial charge in [0, 0.05) is 17.2 Å². The molecule has 0 bridgehead atoms. The van der Waals surface area contributed by atoms with Crippen LogP contribution in [0.5, 0.6) is 11.5 Å². The SMILES string of the molecule is CC(C)=CCC/C(C)=C/COC1CCCC2=C1C(=O)C=CC21Oc2cccc3cccc(c23)O1. The lowest BCUT2D eigenvalue weighted by atomic mass is 9.79. The van der Waals surface area contributed by atoms with Crippen LogP contribution in [0.2, 0.25) is 0 Å². The summed E-state index contributed by atoms with van der Waals surface area (Å²) in [5.74, 6) is 0.467. The van der Waals surface area contributed by atoms with Crippen LogP contribution in [0, 0.1) is 0 Å². The van der Waals surface area contributed by atoms with Crippen LogP contribution in [0.25, 0.3) is 10.8 Å². The number of rotatable bonds is 6. The van der Waals surface area contributed by atoms with Crippen LogP contribution in [0.4, 0.5) is 0 Å². The minimum Gasteiger partial charge on any atom is -0.444 e. The average molecular weight is 457 g/mol. The second-order valence-corrected chi connectivity index (χ2v) is 9.66. The third-order valence-corrected chi connectivity index (χ3v) is 6.85. The van der Waals surface area contributed by atoms with Crippen LogP contribution < -0.4 is 9.47 Å². The molecular formula is C30H32O4. The highest BCUT2D eigenvalue weighted by atomic mass is 16.7. The summed E-state index contributed by atoms with van der Waals surface area (Å²) < 4.78 is 19.3. The lowest BCUT2D eigenvalue weighted by Gasteiger charge is -2.43. The Morgan fingerprint density at radius 2 is 1.82 bits per heavy atom. The molecule has 5 rings (SSSR count). The number of fused-ring (bicyclic) bond motifs is 1. The van der Waals surface area contributed by atoms with E-state index in [1.807, 2.05) is 24.3 Å². The minimum absolute atomic E-state index is 0.00106. The first kappa shape index (κ1) is 22.7. The molecule has 34 heavy (non-hydrogen) atoms. The molecule has 0 fully saturated rings. The molecule has 4 heteroatoms. The smallest absolute Gasteiger partial charge is 0.295 e. The lowest BCUT2D eigenvalue weighted by molar-refractivity contribution is -0.115. The quantitative estimate of drug-likeness (QED) is 0.439.